The molecule has 1 unspecified atom stereocenters. The fourth-order valence-electron chi connectivity index (χ4n) is 2.99. The lowest BCUT2D eigenvalue weighted by Gasteiger charge is -2.34. The SMILES string of the molecule is CC(C)(C)OC(=O)N1CCCC(CNC(=O)/C=C/c2ccccc2[N+](=O)[O-])C1. The average Bonchev–Trinajstić information content (AvgIpc) is 2.63. The Labute approximate surface area is 164 Å². The van der Waals surface area contributed by atoms with Gasteiger partial charge in [-0.15, -0.1) is 0 Å². The van der Waals surface area contributed by atoms with Gasteiger partial charge < -0.3 is 15.0 Å². The van der Waals surface area contributed by atoms with Gasteiger partial charge in [0.05, 0.1) is 10.5 Å². The molecule has 1 aromatic carbocycles. The molecule has 8 nitrogen and oxygen atoms in total. The van der Waals surface area contributed by atoms with Crippen molar-refractivity contribution < 1.29 is 19.2 Å². The molecule has 0 aromatic heterocycles. The first kappa shape index (κ1) is 21.4. The standard InChI is InChI=1S/C20H27N3O5/c1-20(2,3)28-19(25)22-12-6-7-15(14-22)13-21-18(24)11-10-16-8-4-5-9-17(16)23(26)27/h4-5,8-11,15H,6-7,12-14H2,1-3H3,(H,21,24)/b11-10+. The fraction of sp³-hybridized carbons (Fsp3) is 0.500. The van der Waals surface area contributed by atoms with E-state index in [-0.39, 0.29) is 23.6 Å². The Morgan fingerprint density at radius 2 is 2.07 bits per heavy atom. The maximum atomic E-state index is 12.2. The number of nitrogens with one attached hydrogen (secondary N) is 1. The molecule has 152 valence electrons. The molecule has 1 saturated heterocycles. The summed E-state index contributed by atoms with van der Waals surface area (Å²) in [5.41, 5.74) is -0.216. The number of nitro groups is 1. The van der Waals surface area contributed by atoms with Crippen molar-refractivity contribution in [3.63, 3.8) is 0 Å². The van der Waals surface area contributed by atoms with Crippen LogP contribution in [0, 0.1) is 16.0 Å². The molecule has 0 spiro atoms. The van der Waals surface area contributed by atoms with Gasteiger partial charge in [-0.05, 0) is 51.7 Å². The van der Waals surface area contributed by atoms with Crippen LogP contribution in [0.4, 0.5) is 10.5 Å². The number of rotatable bonds is 5. The molecular weight excluding hydrogens is 362 g/mol. The molecule has 28 heavy (non-hydrogen) atoms. The van der Waals surface area contributed by atoms with E-state index in [2.05, 4.69) is 5.32 Å². The molecular formula is C20H27N3O5. The summed E-state index contributed by atoms with van der Waals surface area (Å²) in [4.78, 5) is 36.5. The Balaban J connectivity index is 1.86. The second-order valence-electron chi connectivity index (χ2n) is 7.83. The summed E-state index contributed by atoms with van der Waals surface area (Å²) in [5.74, 6) is -0.183. The smallest absolute Gasteiger partial charge is 0.410 e. The molecule has 1 aliphatic rings. The van der Waals surface area contributed by atoms with Crippen LogP contribution in [0.2, 0.25) is 0 Å². The molecule has 0 bridgehead atoms. The van der Waals surface area contributed by atoms with Gasteiger partial charge in [0.15, 0.2) is 0 Å². The molecule has 0 aliphatic carbocycles. The quantitative estimate of drug-likeness (QED) is 0.473. The Hall–Kier alpha value is -2.90. The molecule has 1 aromatic rings. The number of benzene rings is 1. The monoisotopic (exact) mass is 389 g/mol. The van der Waals surface area contributed by atoms with E-state index in [1.807, 2.05) is 20.8 Å². The highest BCUT2D eigenvalue weighted by molar-refractivity contribution is 5.92. The van der Waals surface area contributed by atoms with Gasteiger partial charge in [0.25, 0.3) is 5.69 Å². The van der Waals surface area contributed by atoms with Gasteiger partial charge in [0, 0.05) is 31.8 Å². The molecule has 1 atom stereocenters. The number of ether oxygens (including phenoxy) is 1. The fourth-order valence-corrected chi connectivity index (χ4v) is 2.99. The van der Waals surface area contributed by atoms with Gasteiger partial charge in [0.2, 0.25) is 5.91 Å². The van der Waals surface area contributed by atoms with Gasteiger partial charge >= 0.3 is 6.09 Å². The van der Waals surface area contributed by atoms with Crippen molar-refractivity contribution in [3.8, 4) is 0 Å². The Bertz CT molecular complexity index is 754. The first-order valence-electron chi connectivity index (χ1n) is 9.33. The molecule has 1 heterocycles. The molecule has 8 heteroatoms. The molecule has 1 aliphatic heterocycles. The van der Waals surface area contributed by atoms with Gasteiger partial charge in [-0.25, -0.2) is 4.79 Å². The third kappa shape index (κ3) is 6.68. The number of hydrogen-bond donors (Lipinski definition) is 1. The molecule has 2 amide bonds. The topological polar surface area (TPSA) is 102 Å². The van der Waals surface area contributed by atoms with Crippen molar-refractivity contribution in [1.29, 1.82) is 0 Å². The maximum absolute atomic E-state index is 12.2. The first-order valence-corrected chi connectivity index (χ1v) is 9.33. The van der Waals surface area contributed by atoms with Crippen LogP contribution in [0.25, 0.3) is 6.08 Å². The van der Waals surface area contributed by atoms with E-state index in [9.17, 15) is 19.7 Å². The zero-order valence-electron chi connectivity index (χ0n) is 16.5. The lowest BCUT2D eigenvalue weighted by atomic mass is 9.98. The predicted octanol–water partition coefficient (Wildman–Crippen LogP) is 3.37. The average molecular weight is 389 g/mol. The van der Waals surface area contributed by atoms with Gasteiger partial charge in [-0.3, -0.25) is 14.9 Å². The van der Waals surface area contributed by atoms with Crippen LogP contribution < -0.4 is 5.32 Å². The highest BCUT2D eigenvalue weighted by atomic mass is 16.6. The van der Waals surface area contributed by atoms with Crippen molar-refractivity contribution in [2.45, 2.75) is 39.2 Å². The van der Waals surface area contributed by atoms with Crippen LogP contribution in [0.1, 0.15) is 39.2 Å². The summed E-state index contributed by atoms with van der Waals surface area (Å²) in [6, 6.07) is 6.24. The summed E-state index contributed by atoms with van der Waals surface area (Å²) in [7, 11) is 0. The van der Waals surface area contributed by atoms with Crippen LogP contribution in [-0.4, -0.2) is 47.1 Å². The predicted molar refractivity (Wildman–Crippen MR) is 106 cm³/mol. The minimum Gasteiger partial charge on any atom is -0.444 e. The lowest BCUT2D eigenvalue weighted by molar-refractivity contribution is -0.385. The lowest BCUT2D eigenvalue weighted by Crippen LogP contribution is -2.45. The van der Waals surface area contributed by atoms with Crippen molar-refractivity contribution in [2.75, 3.05) is 19.6 Å². The summed E-state index contributed by atoms with van der Waals surface area (Å²) in [6.45, 7) is 7.10. The Morgan fingerprint density at radius 1 is 1.36 bits per heavy atom. The Kier molecular flexibility index (Phi) is 7.14. The third-order valence-corrected chi connectivity index (χ3v) is 4.28. The normalized spacial score (nSPS) is 17.4. The van der Waals surface area contributed by atoms with Gasteiger partial charge in [0.1, 0.15) is 5.60 Å². The number of nitrogens with zero attached hydrogens (tertiary/aromatic N) is 2. The summed E-state index contributed by atoms with van der Waals surface area (Å²) in [5, 5.41) is 13.8. The van der Waals surface area contributed by atoms with Crippen LogP contribution in [0.3, 0.4) is 0 Å². The van der Waals surface area contributed by atoms with Gasteiger partial charge in [-0.1, -0.05) is 12.1 Å². The molecule has 1 fully saturated rings. The number of para-hydroxylation sites is 1. The highest BCUT2D eigenvalue weighted by Crippen LogP contribution is 2.20. The zero-order valence-corrected chi connectivity index (χ0v) is 16.5. The van der Waals surface area contributed by atoms with E-state index in [0.29, 0.717) is 25.2 Å². The molecule has 1 N–H and O–H groups in total. The number of hydrogen-bond acceptors (Lipinski definition) is 5. The van der Waals surface area contributed by atoms with Gasteiger partial charge in [-0.2, -0.15) is 0 Å². The van der Waals surface area contributed by atoms with Crippen LogP contribution in [0.5, 0.6) is 0 Å². The number of carbonyl (C=O) groups excluding carboxylic acids is 2. The van der Waals surface area contributed by atoms with E-state index in [1.54, 1.807) is 23.1 Å². The second-order valence-corrected chi connectivity index (χ2v) is 7.83. The summed E-state index contributed by atoms with van der Waals surface area (Å²) in [6.07, 6.45) is 4.15. The Morgan fingerprint density at radius 3 is 2.75 bits per heavy atom. The minimum atomic E-state index is -0.539. The number of likely N-dealkylation sites (tertiary alicyclic amines) is 1. The van der Waals surface area contributed by atoms with Crippen molar-refractivity contribution in [3.05, 3.63) is 46.0 Å². The molecule has 2 rings (SSSR count). The van der Waals surface area contributed by atoms with Crippen molar-refractivity contribution >= 4 is 23.8 Å². The third-order valence-electron chi connectivity index (χ3n) is 4.28. The number of nitro benzene ring substituents is 1. The van der Waals surface area contributed by atoms with E-state index in [4.69, 9.17) is 4.74 Å². The van der Waals surface area contributed by atoms with Crippen molar-refractivity contribution in [1.82, 2.24) is 10.2 Å². The first-order chi connectivity index (χ1) is 13.2. The summed E-state index contributed by atoms with van der Waals surface area (Å²) >= 11 is 0. The number of carbonyl (C=O) groups is 2. The second kappa shape index (κ2) is 9.34. The van der Waals surface area contributed by atoms with E-state index in [0.717, 1.165) is 12.8 Å². The number of amides is 2. The van der Waals surface area contributed by atoms with Crippen LogP contribution >= 0.6 is 0 Å². The zero-order chi connectivity index (χ0) is 20.7. The summed E-state index contributed by atoms with van der Waals surface area (Å²) < 4.78 is 5.40. The van der Waals surface area contributed by atoms with Crippen LogP contribution in [0.15, 0.2) is 30.3 Å². The highest BCUT2D eigenvalue weighted by Gasteiger charge is 2.27. The minimum absolute atomic E-state index is 0.0492. The number of piperidine rings is 1. The largest absolute Gasteiger partial charge is 0.444 e. The molecule has 0 saturated carbocycles. The molecule has 0 radical (unpaired) electrons. The van der Waals surface area contributed by atoms with E-state index >= 15 is 0 Å². The maximum Gasteiger partial charge on any atom is 0.410 e. The van der Waals surface area contributed by atoms with Crippen molar-refractivity contribution in [2.24, 2.45) is 5.92 Å². The van der Waals surface area contributed by atoms with Crippen LogP contribution in [-0.2, 0) is 9.53 Å². The van der Waals surface area contributed by atoms with E-state index in [1.165, 1.54) is 18.2 Å². The van der Waals surface area contributed by atoms with E-state index < -0.39 is 10.5 Å².